The van der Waals surface area contributed by atoms with Gasteiger partial charge in [-0.15, -0.1) is 0 Å². The molecule has 0 amide bonds. The van der Waals surface area contributed by atoms with Gasteiger partial charge in [-0.05, 0) is 73.2 Å². The van der Waals surface area contributed by atoms with Crippen LogP contribution in [0.15, 0.2) is 42.5 Å². The van der Waals surface area contributed by atoms with E-state index in [0.717, 1.165) is 45.4 Å². The summed E-state index contributed by atoms with van der Waals surface area (Å²) in [5, 5.41) is 22.0. The zero-order valence-corrected chi connectivity index (χ0v) is 31.5. The van der Waals surface area contributed by atoms with E-state index in [9.17, 15) is 14.3 Å². The van der Waals surface area contributed by atoms with Crippen LogP contribution < -0.4 is 4.74 Å². The molecule has 3 aromatic heterocycles. The largest absolute Gasteiger partial charge is 0.493 e. The highest BCUT2D eigenvalue weighted by Gasteiger charge is 2.28. The van der Waals surface area contributed by atoms with Crippen molar-refractivity contribution in [3.8, 4) is 17.0 Å². The van der Waals surface area contributed by atoms with Crippen molar-refractivity contribution in [2.24, 2.45) is 21.1 Å². The zero-order valence-electron chi connectivity index (χ0n) is 30.0. The number of halogens is 3. The zero-order chi connectivity index (χ0) is 37.4. The lowest BCUT2D eigenvalue weighted by Gasteiger charge is -2.13. The van der Waals surface area contributed by atoms with Gasteiger partial charge in [-0.2, -0.15) is 22.0 Å². The summed E-state index contributed by atoms with van der Waals surface area (Å²) in [6, 6.07) is 11.9. The number of aromatic carboxylic acids is 1. The maximum Gasteiger partial charge on any atom is 0.352 e. The number of nitrogens with zero attached hydrogens (tertiary/aromatic N) is 5. The number of aromatic nitrogens is 5. The molecular formula is C39H40ClF2N5O5S. The number of fused-ring (bicyclic) bond motifs is 8. The highest BCUT2D eigenvalue weighted by atomic mass is 35.5. The summed E-state index contributed by atoms with van der Waals surface area (Å²) in [6.07, 6.45) is 2.03. The van der Waals surface area contributed by atoms with Gasteiger partial charge in [-0.3, -0.25) is 9.36 Å². The SMILES string of the molecule is COCCOCc1nn(C)c2c1CSCc1cc(n(C)n1)CCc1cc(c3ccc(F)c(F)c3c1)OCCCc1c(C(=O)O)n(C)c3c-2c(Cl)ccc13. The van der Waals surface area contributed by atoms with Gasteiger partial charge in [0.05, 0.1) is 54.0 Å². The molecule has 1 N–H and O–H groups in total. The number of aryl methyl sites for hydroxylation is 6. The summed E-state index contributed by atoms with van der Waals surface area (Å²) in [5.41, 5.74) is 7.38. The molecule has 6 aromatic rings. The molecule has 0 atom stereocenters. The molecule has 7 rings (SSSR count). The lowest BCUT2D eigenvalue weighted by molar-refractivity contribution is 0.0598. The lowest BCUT2D eigenvalue weighted by atomic mass is 10.00. The first kappa shape index (κ1) is 36.9. The molecule has 0 unspecified atom stereocenters. The molecule has 1 aliphatic rings. The summed E-state index contributed by atoms with van der Waals surface area (Å²) in [4.78, 5) is 12.9. The summed E-state index contributed by atoms with van der Waals surface area (Å²) < 4.78 is 52.3. The van der Waals surface area contributed by atoms with Crippen LogP contribution in [0.25, 0.3) is 32.9 Å². The standard InChI is InChI=1S/C39H40ClF2N5O5S/c1-45-36-27-9-11-30(40)34(36)37-29(32(44-47(37)3)19-51-15-14-50-4)21-53-20-23-18-24(46(2)43-23)8-7-22-16-28-25(10-12-31(41)35(28)42)33(17-22)52-13-5-6-26(27)38(45)39(48)49/h9-12,16-18H,5-8,13-15,19-21H2,1-4H3,(H,48,49). The van der Waals surface area contributed by atoms with Crippen LogP contribution in [-0.2, 0) is 68.0 Å². The van der Waals surface area contributed by atoms with Crippen LogP contribution in [0.5, 0.6) is 5.75 Å². The predicted molar refractivity (Wildman–Crippen MR) is 202 cm³/mol. The second-order valence-corrected chi connectivity index (χ2v) is 14.6. The van der Waals surface area contributed by atoms with Gasteiger partial charge in [-0.25, -0.2) is 13.6 Å². The molecule has 53 heavy (non-hydrogen) atoms. The van der Waals surface area contributed by atoms with Crippen molar-refractivity contribution >= 4 is 51.0 Å². The summed E-state index contributed by atoms with van der Waals surface area (Å²) in [7, 11) is 7.14. The smallest absolute Gasteiger partial charge is 0.352 e. The molecule has 4 heterocycles. The molecule has 0 fully saturated rings. The number of carboxylic acid groups (broad SMARTS) is 1. The fourth-order valence-corrected chi connectivity index (χ4v) is 8.56. The minimum absolute atomic E-state index is 0.155. The van der Waals surface area contributed by atoms with Gasteiger partial charge in [0, 0.05) is 72.7 Å². The Labute approximate surface area is 314 Å². The molecule has 278 valence electrons. The van der Waals surface area contributed by atoms with E-state index in [1.165, 1.54) is 6.07 Å². The molecule has 0 radical (unpaired) electrons. The van der Waals surface area contributed by atoms with Crippen molar-refractivity contribution < 1.29 is 32.9 Å². The molecule has 14 heteroatoms. The van der Waals surface area contributed by atoms with E-state index in [4.69, 9.17) is 36.0 Å². The third-order valence-corrected chi connectivity index (χ3v) is 11.1. The van der Waals surface area contributed by atoms with Gasteiger partial charge in [0.15, 0.2) is 11.6 Å². The van der Waals surface area contributed by atoms with E-state index < -0.39 is 17.6 Å². The van der Waals surface area contributed by atoms with Crippen LogP contribution in [0.3, 0.4) is 0 Å². The highest BCUT2D eigenvalue weighted by Crippen LogP contribution is 2.42. The van der Waals surface area contributed by atoms with Crippen molar-refractivity contribution in [2.45, 2.75) is 43.8 Å². The van der Waals surface area contributed by atoms with Gasteiger partial charge in [-0.1, -0.05) is 17.7 Å². The second kappa shape index (κ2) is 15.5. The number of hydrogen-bond donors (Lipinski definition) is 1. The summed E-state index contributed by atoms with van der Waals surface area (Å²) >= 11 is 8.72. The van der Waals surface area contributed by atoms with Crippen molar-refractivity contribution in [1.82, 2.24) is 24.1 Å². The Kier molecular flexibility index (Phi) is 10.8. The fraction of sp³-hybridized carbons (Fsp3) is 0.359. The Morgan fingerprint density at radius 2 is 1.77 bits per heavy atom. The van der Waals surface area contributed by atoms with Crippen LogP contribution >= 0.6 is 23.4 Å². The van der Waals surface area contributed by atoms with Gasteiger partial charge in [0.1, 0.15) is 11.4 Å². The third-order valence-electron chi connectivity index (χ3n) is 9.81. The summed E-state index contributed by atoms with van der Waals surface area (Å²) in [5.74, 6) is -1.29. The van der Waals surface area contributed by atoms with Gasteiger partial charge in [0.25, 0.3) is 0 Å². The maximum absolute atomic E-state index is 15.1. The Morgan fingerprint density at radius 1 is 0.962 bits per heavy atom. The van der Waals surface area contributed by atoms with E-state index in [1.54, 1.807) is 47.3 Å². The van der Waals surface area contributed by atoms with Crippen LogP contribution in [0.1, 0.15) is 50.7 Å². The van der Waals surface area contributed by atoms with Gasteiger partial charge < -0.3 is 23.9 Å². The Bertz CT molecular complexity index is 2350. The Hall–Kier alpha value is -4.43. The highest BCUT2D eigenvalue weighted by molar-refractivity contribution is 7.97. The number of benzene rings is 3. The fourth-order valence-electron chi connectivity index (χ4n) is 7.36. The minimum atomic E-state index is -1.06. The number of rotatable bonds is 6. The number of carboxylic acids is 1. The molecule has 0 spiro atoms. The van der Waals surface area contributed by atoms with E-state index in [0.29, 0.717) is 83.2 Å². The molecule has 3 aromatic carbocycles. The van der Waals surface area contributed by atoms with Crippen LogP contribution in [0.4, 0.5) is 8.78 Å². The summed E-state index contributed by atoms with van der Waals surface area (Å²) in [6.45, 7) is 1.33. The minimum Gasteiger partial charge on any atom is -0.493 e. The van der Waals surface area contributed by atoms with Gasteiger partial charge in [0.2, 0.25) is 0 Å². The van der Waals surface area contributed by atoms with Crippen LogP contribution in [-0.4, -0.2) is 62.1 Å². The molecule has 1 aliphatic heterocycles. The first-order valence-electron chi connectivity index (χ1n) is 17.3. The lowest BCUT2D eigenvalue weighted by Crippen LogP contribution is -2.09. The first-order valence-corrected chi connectivity index (χ1v) is 18.9. The second-order valence-electron chi connectivity index (χ2n) is 13.2. The third kappa shape index (κ3) is 7.15. The number of methoxy groups -OCH3 is 1. The Balaban J connectivity index is 1.36. The Morgan fingerprint density at radius 3 is 2.57 bits per heavy atom. The molecule has 0 saturated heterocycles. The maximum atomic E-state index is 15.1. The van der Waals surface area contributed by atoms with E-state index in [2.05, 4.69) is 6.07 Å². The first-order chi connectivity index (χ1) is 25.6. The molecular weight excluding hydrogens is 724 g/mol. The normalized spacial score (nSPS) is 14.0. The quantitative estimate of drug-likeness (QED) is 0.172. The van der Waals surface area contributed by atoms with E-state index in [-0.39, 0.29) is 24.3 Å². The van der Waals surface area contributed by atoms with Crippen molar-refractivity contribution in [2.75, 3.05) is 26.9 Å². The number of ether oxygens (including phenoxy) is 3. The molecule has 0 saturated carbocycles. The monoisotopic (exact) mass is 763 g/mol. The number of hydrogen-bond acceptors (Lipinski definition) is 7. The van der Waals surface area contributed by atoms with Crippen molar-refractivity contribution in [3.63, 3.8) is 0 Å². The molecule has 8 bridgehead atoms. The van der Waals surface area contributed by atoms with Crippen LogP contribution in [0.2, 0.25) is 5.02 Å². The average molecular weight is 764 g/mol. The van der Waals surface area contributed by atoms with Gasteiger partial charge >= 0.3 is 5.97 Å². The van der Waals surface area contributed by atoms with E-state index >= 15 is 4.39 Å². The topological polar surface area (TPSA) is 106 Å². The van der Waals surface area contributed by atoms with Crippen molar-refractivity contribution in [1.29, 1.82) is 0 Å². The number of thioether (sulfide) groups is 1. The molecule has 0 aliphatic carbocycles. The van der Waals surface area contributed by atoms with Crippen molar-refractivity contribution in [3.05, 3.63) is 98.6 Å². The average Bonchev–Trinajstić information content (AvgIpc) is 3.74. The van der Waals surface area contributed by atoms with E-state index in [1.807, 2.05) is 30.9 Å². The molecule has 10 nitrogen and oxygen atoms in total. The number of carbonyl (C=O) groups is 1. The van der Waals surface area contributed by atoms with Crippen LogP contribution in [0, 0.1) is 11.6 Å². The predicted octanol–water partition coefficient (Wildman–Crippen LogP) is 7.80.